The van der Waals surface area contributed by atoms with Crippen molar-refractivity contribution in [2.45, 2.75) is 38.6 Å². The van der Waals surface area contributed by atoms with E-state index in [1.165, 1.54) is 25.0 Å². The summed E-state index contributed by atoms with van der Waals surface area (Å²) in [7, 11) is 0. The lowest BCUT2D eigenvalue weighted by atomic mass is 9.83. The molecule has 7 nitrogen and oxygen atoms in total. The summed E-state index contributed by atoms with van der Waals surface area (Å²) in [6, 6.07) is 8.17. The van der Waals surface area contributed by atoms with Crippen LogP contribution in [-0.2, 0) is 6.54 Å². The Kier molecular flexibility index (Phi) is 3.85. The van der Waals surface area contributed by atoms with Crippen LogP contribution >= 0.6 is 0 Å². The molecule has 0 saturated heterocycles. The van der Waals surface area contributed by atoms with Gasteiger partial charge in [-0.25, -0.2) is 19.2 Å². The number of aryl methyl sites for hydroxylation is 1. The van der Waals surface area contributed by atoms with E-state index in [9.17, 15) is 0 Å². The molecule has 0 aromatic carbocycles. The first-order valence-corrected chi connectivity index (χ1v) is 9.32. The lowest BCUT2D eigenvalue weighted by molar-refractivity contribution is 0.409. The highest BCUT2D eigenvalue weighted by atomic mass is 15.3. The van der Waals surface area contributed by atoms with E-state index in [0.717, 1.165) is 28.4 Å². The van der Waals surface area contributed by atoms with Crippen molar-refractivity contribution in [2.75, 3.05) is 5.32 Å². The first kappa shape index (κ1) is 16.0. The summed E-state index contributed by atoms with van der Waals surface area (Å²) >= 11 is 0. The van der Waals surface area contributed by atoms with Crippen LogP contribution in [0.1, 0.15) is 42.1 Å². The maximum absolute atomic E-state index is 4.71. The number of nitrogens with zero attached hydrogens (tertiary/aromatic N) is 6. The molecule has 1 saturated carbocycles. The van der Waals surface area contributed by atoms with Crippen LogP contribution in [0.3, 0.4) is 0 Å². The maximum atomic E-state index is 4.71. The van der Waals surface area contributed by atoms with E-state index < -0.39 is 0 Å². The average Bonchev–Trinajstić information content (AvgIpc) is 3.25. The molecule has 0 amide bonds. The van der Waals surface area contributed by atoms with Gasteiger partial charge in [0.2, 0.25) is 0 Å². The molecule has 4 aromatic rings. The lowest BCUT2D eigenvalue weighted by Gasteiger charge is -2.22. The summed E-state index contributed by atoms with van der Waals surface area (Å²) in [5.74, 6) is 2.27. The van der Waals surface area contributed by atoms with Crippen molar-refractivity contribution in [1.29, 1.82) is 0 Å². The monoisotopic (exact) mass is 359 g/mol. The third-order valence-corrected chi connectivity index (χ3v) is 5.16. The first-order valence-electron chi connectivity index (χ1n) is 9.32. The lowest BCUT2D eigenvalue weighted by Crippen LogP contribution is -2.09. The molecule has 0 bridgehead atoms. The van der Waals surface area contributed by atoms with Crippen LogP contribution < -0.4 is 5.32 Å². The molecule has 7 heteroatoms. The summed E-state index contributed by atoms with van der Waals surface area (Å²) in [6.07, 6.45) is 11.3. The van der Waals surface area contributed by atoms with Gasteiger partial charge in [0.1, 0.15) is 5.52 Å². The van der Waals surface area contributed by atoms with Gasteiger partial charge in [-0.1, -0.05) is 12.5 Å². The van der Waals surface area contributed by atoms with Gasteiger partial charge >= 0.3 is 0 Å². The van der Waals surface area contributed by atoms with Crippen molar-refractivity contribution < 1.29 is 0 Å². The van der Waals surface area contributed by atoms with Crippen molar-refractivity contribution in [3.8, 4) is 5.82 Å². The number of rotatable bonds is 5. The van der Waals surface area contributed by atoms with Gasteiger partial charge in [0, 0.05) is 37.3 Å². The van der Waals surface area contributed by atoms with Crippen LogP contribution in [0, 0.1) is 6.92 Å². The Labute approximate surface area is 157 Å². The molecular weight excluding hydrogens is 338 g/mol. The second-order valence-corrected chi connectivity index (χ2v) is 7.08. The quantitative estimate of drug-likeness (QED) is 0.590. The fourth-order valence-electron chi connectivity index (χ4n) is 3.37. The fraction of sp³-hybridized carbons (Fsp3) is 0.300. The van der Waals surface area contributed by atoms with Crippen LogP contribution in [0.4, 0.5) is 5.82 Å². The molecule has 0 aliphatic heterocycles. The summed E-state index contributed by atoms with van der Waals surface area (Å²) < 4.78 is 3.70. The van der Waals surface area contributed by atoms with Crippen molar-refractivity contribution in [3.63, 3.8) is 0 Å². The van der Waals surface area contributed by atoms with Gasteiger partial charge in [0.05, 0.1) is 11.4 Å². The molecule has 0 spiro atoms. The van der Waals surface area contributed by atoms with E-state index in [0.29, 0.717) is 12.5 Å². The highest BCUT2D eigenvalue weighted by molar-refractivity contribution is 5.68. The standard InChI is InChI=1S/C20H21N7/c1-14-7-9-27(24-14)19-6-5-15(12-22-19)13-23-20-18-11-17(16-3-2-4-16)25-26(18)10-8-21-20/h5-12,16H,2-4,13H2,1H3,(H,21,23). The zero-order chi connectivity index (χ0) is 18.2. The number of hydrogen-bond acceptors (Lipinski definition) is 5. The smallest absolute Gasteiger partial charge is 0.153 e. The van der Waals surface area contributed by atoms with Crippen LogP contribution in [0.15, 0.2) is 49.1 Å². The van der Waals surface area contributed by atoms with Crippen LogP contribution in [0.5, 0.6) is 0 Å². The summed E-state index contributed by atoms with van der Waals surface area (Å²) in [6.45, 7) is 2.62. The van der Waals surface area contributed by atoms with Crippen molar-refractivity contribution >= 4 is 11.3 Å². The molecule has 1 aliphatic rings. The summed E-state index contributed by atoms with van der Waals surface area (Å²) in [4.78, 5) is 9.01. The molecule has 136 valence electrons. The minimum Gasteiger partial charge on any atom is -0.364 e. The van der Waals surface area contributed by atoms with Gasteiger partial charge in [-0.15, -0.1) is 0 Å². The number of nitrogens with one attached hydrogen (secondary N) is 1. The number of anilines is 1. The van der Waals surface area contributed by atoms with Crippen LogP contribution in [-0.4, -0.2) is 29.4 Å². The van der Waals surface area contributed by atoms with Crippen LogP contribution in [0.2, 0.25) is 0 Å². The zero-order valence-corrected chi connectivity index (χ0v) is 15.2. The number of pyridine rings is 1. The zero-order valence-electron chi connectivity index (χ0n) is 15.2. The first-order chi connectivity index (χ1) is 13.3. The molecule has 1 aliphatic carbocycles. The van der Waals surface area contributed by atoms with Gasteiger partial charge in [-0.2, -0.15) is 10.2 Å². The topological polar surface area (TPSA) is 72.9 Å². The Morgan fingerprint density at radius 1 is 1.11 bits per heavy atom. The van der Waals surface area contributed by atoms with E-state index in [1.54, 1.807) is 10.9 Å². The van der Waals surface area contributed by atoms with E-state index in [1.807, 2.05) is 42.2 Å². The van der Waals surface area contributed by atoms with Crippen molar-refractivity contribution in [3.05, 3.63) is 66.0 Å². The molecule has 4 heterocycles. The van der Waals surface area contributed by atoms with E-state index in [-0.39, 0.29) is 0 Å². The van der Waals surface area contributed by atoms with Crippen LogP contribution in [0.25, 0.3) is 11.3 Å². The Balaban J connectivity index is 1.33. The summed E-state index contributed by atoms with van der Waals surface area (Å²) in [5.41, 5.74) is 4.27. The number of hydrogen-bond donors (Lipinski definition) is 1. The van der Waals surface area contributed by atoms with Crippen molar-refractivity contribution in [1.82, 2.24) is 29.4 Å². The maximum Gasteiger partial charge on any atom is 0.153 e. The highest BCUT2D eigenvalue weighted by Gasteiger charge is 2.22. The van der Waals surface area contributed by atoms with E-state index in [2.05, 4.69) is 32.5 Å². The Morgan fingerprint density at radius 3 is 2.74 bits per heavy atom. The second-order valence-electron chi connectivity index (χ2n) is 7.08. The number of fused-ring (bicyclic) bond motifs is 1. The third-order valence-electron chi connectivity index (χ3n) is 5.16. The van der Waals surface area contributed by atoms with E-state index in [4.69, 9.17) is 5.10 Å². The fourth-order valence-corrected chi connectivity index (χ4v) is 3.37. The molecule has 0 unspecified atom stereocenters. The minimum absolute atomic E-state index is 0.612. The van der Waals surface area contributed by atoms with Crippen molar-refractivity contribution in [2.24, 2.45) is 0 Å². The van der Waals surface area contributed by atoms with Gasteiger partial charge in [-0.3, -0.25) is 0 Å². The third kappa shape index (κ3) is 3.05. The highest BCUT2D eigenvalue weighted by Crippen LogP contribution is 2.36. The van der Waals surface area contributed by atoms with Gasteiger partial charge in [0.25, 0.3) is 0 Å². The molecule has 5 rings (SSSR count). The predicted molar refractivity (Wildman–Crippen MR) is 103 cm³/mol. The molecule has 1 fully saturated rings. The molecule has 1 N–H and O–H groups in total. The second kappa shape index (κ2) is 6.50. The predicted octanol–water partition coefficient (Wildman–Crippen LogP) is 3.50. The average molecular weight is 359 g/mol. The molecule has 4 aromatic heterocycles. The van der Waals surface area contributed by atoms with E-state index >= 15 is 0 Å². The Bertz CT molecular complexity index is 1070. The molecule has 0 radical (unpaired) electrons. The minimum atomic E-state index is 0.612. The number of aromatic nitrogens is 6. The van der Waals surface area contributed by atoms with Gasteiger partial charge < -0.3 is 5.32 Å². The molecular formula is C20H21N7. The Morgan fingerprint density at radius 2 is 2.04 bits per heavy atom. The molecule has 27 heavy (non-hydrogen) atoms. The normalized spacial score (nSPS) is 14.4. The molecule has 0 atom stereocenters. The SMILES string of the molecule is Cc1ccn(-c2ccc(CNc3nccn4nc(C5CCC5)cc34)cn2)n1. The summed E-state index contributed by atoms with van der Waals surface area (Å²) in [5, 5.41) is 12.5. The largest absolute Gasteiger partial charge is 0.364 e. The van der Waals surface area contributed by atoms with Gasteiger partial charge in [-0.05, 0) is 43.5 Å². The Hall–Kier alpha value is -3.22. The van der Waals surface area contributed by atoms with Gasteiger partial charge in [0.15, 0.2) is 11.6 Å².